The van der Waals surface area contributed by atoms with Gasteiger partial charge in [0.25, 0.3) is 0 Å². The average molecular weight is 434 g/mol. The summed E-state index contributed by atoms with van der Waals surface area (Å²) in [5.41, 5.74) is 6.72. The molecule has 8 heteroatoms. The number of nitrogens with one attached hydrogen (secondary N) is 2. The van der Waals surface area contributed by atoms with Crippen LogP contribution in [0.3, 0.4) is 0 Å². The van der Waals surface area contributed by atoms with Crippen LogP contribution in [0.25, 0.3) is 0 Å². The number of halogens is 2. The minimum Gasteiger partial charge on any atom is -0.381 e. The van der Waals surface area contributed by atoms with Crippen molar-refractivity contribution in [2.45, 2.75) is 56.4 Å². The maximum absolute atomic E-state index is 12.5. The first-order chi connectivity index (χ1) is 12.6. The third-order valence-electron chi connectivity index (χ3n) is 5.54. The van der Waals surface area contributed by atoms with Crippen molar-refractivity contribution >= 4 is 30.7 Å². The zero-order valence-electron chi connectivity index (χ0n) is 16.4. The lowest BCUT2D eigenvalue weighted by atomic mass is 9.88. The average Bonchev–Trinajstić information content (AvgIpc) is 3.17. The fraction of sp³-hybridized carbons (Fsp3) is 0.650. The molecule has 0 spiro atoms. The van der Waals surface area contributed by atoms with Crippen molar-refractivity contribution in [3.8, 4) is 0 Å². The van der Waals surface area contributed by atoms with Gasteiger partial charge >= 0.3 is 0 Å². The van der Waals surface area contributed by atoms with Gasteiger partial charge in [-0.2, -0.15) is 0 Å². The van der Waals surface area contributed by atoms with Gasteiger partial charge in [0.15, 0.2) is 0 Å². The van der Waals surface area contributed by atoms with Gasteiger partial charge in [0.1, 0.15) is 6.10 Å². The fourth-order valence-electron chi connectivity index (χ4n) is 3.86. The van der Waals surface area contributed by atoms with E-state index >= 15 is 0 Å². The van der Waals surface area contributed by atoms with E-state index in [4.69, 9.17) is 15.2 Å². The zero-order valence-corrected chi connectivity index (χ0v) is 18.0. The third kappa shape index (κ3) is 6.58. The van der Waals surface area contributed by atoms with Gasteiger partial charge < -0.3 is 25.8 Å². The summed E-state index contributed by atoms with van der Waals surface area (Å²) < 4.78 is 11.3. The Morgan fingerprint density at radius 1 is 1.21 bits per heavy atom. The molecule has 3 rings (SSSR count). The number of hydrogen-bond acceptors (Lipinski definition) is 5. The molecule has 2 fully saturated rings. The van der Waals surface area contributed by atoms with Gasteiger partial charge in [0.2, 0.25) is 5.91 Å². The van der Waals surface area contributed by atoms with E-state index in [1.165, 1.54) is 5.56 Å². The van der Waals surface area contributed by atoms with Crippen LogP contribution in [0, 0.1) is 0 Å². The number of carbonyl (C=O) groups is 1. The fourth-order valence-corrected chi connectivity index (χ4v) is 3.86. The van der Waals surface area contributed by atoms with Crippen molar-refractivity contribution < 1.29 is 14.3 Å². The number of amides is 1. The van der Waals surface area contributed by atoms with Crippen LogP contribution in [0.5, 0.6) is 0 Å². The number of benzene rings is 1. The van der Waals surface area contributed by atoms with Gasteiger partial charge in [-0.25, -0.2) is 0 Å². The molecule has 1 amide bonds. The topological polar surface area (TPSA) is 85.6 Å². The molecule has 2 heterocycles. The normalized spacial score (nSPS) is 24.5. The van der Waals surface area contributed by atoms with Crippen molar-refractivity contribution in [1.82, 2.24) is 10.6 Å². The molecular weight excluding hydrogens is 401 g/mol. The molecule has 1 aromatic carbocycles. The summed E-state index contributed by atoms with van der Waals surface area (Å²) in [5.74, 6) is -0.0269. The molecule has 6 nitrogen and oxygen atoms in total. The van der Waals surface area contributed by atoms with Gasteiger partial charge in [0, 0.05) is 37.9 Å². The standard InChI is InChI=1S/C20H31N3O3.2ClH/c1-15(16-5-3-2-4-6-16)23-20(9-11-25-12-10-20)14-22-19(24)18-8-7-17(13-21)26-18;;/h2-6,15,17-18,23H,7-14,21H2,1H3,(H,22,24);2*1H/t15?,17-,18+;;/m1../s1. The molecule has 3 atom stereocenters. The van der Waals surface area contributed by atoms with E-state index in [2.05, 4.69) is 41.8 Å². The van der Waals surface area contributed by atoms with Crippen molar-refractivity contribution in [2.24, 2.45) is 5.73 Å². The molecule has 160 valence electrons. The van der Waals surface area contributed by atoms with Crippen molar-refractivity contribution in [3.63, 3.8) is 0 Å². The van der Waals surface area contributed by atoms with Gasteiger partial charge in [-0.05, 0) is 38.2 Å². The monoisotopic (exact) mass is 433 g/mol. The van der Waals surface area contributed by atoms with Gasteiger partial charge in [-0.3, -0.25) is 4.79 Å². The maximum atomic E-state index is 12.5. The number of hydrogen-bond donors (Lipinski definition) is 3. The Labute approximate surface area is 180 Å². The highest BCUT2D eigenvalue weighted by molar-refractivity contribution is 5.85. The first-order valence-corrected chi connectivity index (χ1v) is 9.65. The molecule has 4 N–H and O–H groups in total. The molecule has 2 aliphatic heterocycles. The molecule has 0 saturated carbocycles. The van der Waals surface area contributed by atoms with Crippen molar-refractivity contribution in [1.29, 1.82) is 0 Å². The SMILES string of the molecule is CC(NC1(CNC(=O)[C@@H]2CC[C@H](CN)O2)CCOCC1)c1ccccc1.Cl.Cl. The lowest BCUT2D eigenvalue weighted by molar-refractivity contribution is -0.132. The van der Waals surface area contributed by atoms with Gasteiger partial charge in [-0.15, -0.1) is 24.8 Å². The highest BCUT2D eigenvalue weighted by atomic mass is 35.5. The van der Waals surface area contributed by atoms with E-state index in [1.807, 2.05) is 6.07 Å². The van der Waals surface area contributed by atoms with Crippen LogP contribution >= 0.6 is 24.8 Å². The molecule has 1 unspecified atom stereocenters. The summed E-state index contributed by atoms with van der Waals surface area (Å²) in [6.07, 6.45) is 3.00. The van der Waals surface area contributed by atoms with Crippen LogP contribution in [-0.4, -0.2) is 50.0 Å². The smallest absolute Gasteiger partial charge is 0.249 e. The van der Waals surface area contributed by atoms with Crippen LogP contribution in [0.2, 0.25) is 0 Å². The second-order valence-electron chi connectivity index (χ2n) is 7.45. The summed E-state index contributed by atoms with van der Waals surface area (Å²) in [5, 5.41) is 6.87. The van der Waals surface area contributed by atoms with E-state index in [0.29, 0.717) is 26.3 Å². The van der Waals surface area contributed by atoms with E-state index in [-0.39, 0.29) is 54.5 Å². The Hall–Kier alpha value is -0.890. The number of ether oxygens (including phenoxy) is 2. The number of rotatable bonds is 7. The minimum atomic E-state index is -0.369. The first-order valence-electron chi connectivity index (χ1n) is 9.65. The Morgan fingerprint density at radius 3 is 2.50 bits per heavy atom. The summed E-state index contributed by atoms with van der Waals surface area (Å²) in [4.78, 5) is 12.5. The summed E-state index contributed by atoms with van der Waals surface area (Å²) >= 11 is 0. The van der Waals surface area contributed by atoms with Gasteiger partial charge in [-0.1, -0.05) is 30.3 Å². The van der Waals surface area contributed by atoms with Crippen LogP contribution in [0.1, 0.15) is 44.2 Å². The zero-order chi connectivity index (χ0) is 18.4. The van der Waals surface area contributed by atoms with Crippen LogP contribution in [-0.2, 0) is 14.3 Å². The van der Waals surface area contributed by atoms with Crippen LogP contribution < -0.4 is 16.4 Å². The lowest BCUT2D eigenvalue weighted by Gasteiger charge is -2.40. The highest BCUT2D eigenvalue weighted by Crippen LogP contribution is 2.25. The van der Waals surface area contributed by atoms with Crippen molar-refractivity contribution in [2.75, 3.05) is 26.3 Å². The van der Waals surface area contributed by atoms with Crippen molar-refractivity contribution in [3.05, 3.63) is 35.9 Å². The Morgan fingerprint density at radius 2 is 1.89 bits per heavy atom. The highest BCUT2D eigenvalue weighted by Gasteiger charge is 2.36. The maximum Gasteiger partial charge on any atom is 0.249 e. The molecular formula is C20H33Cl2N3O3. The second-order valence-corrected chi connectivity index (χ2v) is 7.45. The molecule has 0 aliphatic carbocycles. The molecule has 1 aromatic rings. The number of nitrogens with two attached hydrogens (primary N) is 1. The third-order valence-corrected chi connectivity index (χ3v) is 5.54. The van der Waals surface area contributed by atoms with Gasteiger partial charge in [0.05, 0.1) is 6.10 Å². The van der Waals surface area contributed by atoms with Crippen LogP contribution in [0.15, 0.2) is 30.3 Å². The quantitative estimate of drug-likeness (QED) is 0.614. The van der Waals surface area contributed by atoms with E-state index in [9.17, 15) is 4.79 Å². The van der Waals surface area contributed by atoms with Crippen LogP contribution in [0.4, 0.5) is 0 Å². The second kappa shape index (κ2) is 12.0. The molecule has 0 aromatic heterocycles. The minimum absolute atomic E-state index is 0. The van der Waals surface area contributed by atoms with E-state index in [1.54, 1.807) is 0 Å². The number of carbonyl (C=O) groups excluding carboxylic acids is 1. The molecule has 2 saturated heterocycles. The lowest BCUT2D eigenvalue weighted by Crippen LogP contribution is -2.58. The Balaban J connectivity index is 0.00000196. The summed E-state index contributed by atoms with van der Waals surface area (Å²) in [6.45, 7) is 4.64. The predicted octanol–water partition coefficient (Wildman–Crippen LogP) is 2.35. The molecule has 2 aliphatic rings. The summed E-state index contributed by atoms with van der Waals surface area (Å²) in [7, 11) is 0. The Kier molecular flexibility index (Phi) is 10.7. The Bertz CT molecular complexity index is 585. The summed E-state index contributed by atoms with van der Waals surface area (Å²) in [6, 6.07) is 10.6. The molecule has 28 heavy (non-hydrogen) atoms. The van der Waals surface area contributed by atoms with E-state index in [0.717, 1.165) is 25.7 Å². The van der Waals surface area contributed by atoms with E-state index < -0.39 is 0 Å². The molecule has 0 bridgehead atoms. The predicted molar refractivity (Wildman–Crippen MR) is 115 cm³/mol. The first kappa shape index (κ1) is 25.1. The largest absolute Gasteiger partial charge is 0.381 e. The molecule has 0 radical (unpaired) electrons.